The van der Waals surface area contributed by atoms with Crippen molar-refractivity contribution in [2.24, 2.45) is 13.0 Å². The maximum Gasteiger partial charge on any atom is 0.256 e. The van der Waals surface area contributed by atoms with Gasteiger partial charge in [0.1, 0.15) is 5.52 Å². The Kier molecular flexibility index (Phi) is 5.32. The number of para-hydroxylation sites is 1. The van der Waals surface area contributed by atoms with E-state index in [-0.39, 0.29) is 23.8 Å². The molecule has 3 heterocycles. The van der Waals surface area contributed by atoms with E-state index in [0.717, 1.165) is 5.52 Å². The second-order valence-corrected chi connectivity index (χ2v) is 7.51. The Morgan fingerprint density at radius 3 is 2.61 bits per heavy atom. The average Bonchev–Trinajstić information content (AvgIpc) is 2.92. The second kappa shape index (κ2) is 7.89. The molecule has 2 aliphatic heterocycles. The van der Waals surface area contributed by atoms with Gasteiger partial charge in [0.15, 0.2) is 0 Å². The Balaban J connectivity index is 1.46. The highest BCUT2D eigenvalue weighted by Gasteiger charge is 2.34. The lowest BCUT2D eigenvalue weighted by molar-refractivity contribution is -0.140. The minimum absolute atomic E-state index is 0.0370. The van der Waals surface area contributed by atoms with Crippen LogP contribution < -0.4 is 0 Å². The zero-order chi connectivity index (χ0) is 19.7. The number of rotatable bonds is 2. The van der Waals surface area contributed by atoms with Crippen LogP contribution in [0.4, 0.5) is 0 Å². The van der Waals surface area contributed by atoms with Crippen LogP contribution in [0.2, 0.25) is 0 Å². The van der Waals surface area contributed by atoms with Crippen LogP contribution in [0.15, 0.2) is 24.5 Å². The van der Waals surface area contributed by atoms with E-state index >= 15 is 0 Å². The van der Waals surface area contributed by atoms with Crippen LogP contribution in [0.3, 0.4) is 0 Å². The fourth-order valence-electron chi connectivity index (χ4n) is 3.96. The summed E-state index contributed by atoms with van der Waals surface area (Å²) < 4.78 is 12.8. The Morgan fingerprint density at radius 1 is 1.14 bits per heavy atom. The van der Waals surface area contributed by atoms with E-state index in [1.165, 1.54) is 0 Å². The molecule has 2 saturated heterocycles. The number of hydrogen-bond donors (Lipinski definition) is 0. The molecule has 0 spiro atoms. The Morgan fingerprint density at radius 2 is 1.89 bits per heavy atom. The largest absolute Gasteiger partial charge is 0.378 e. The van der Waals surface area contributed by atoms with Gasteiger partial charge in [-0.25, -0.2) is 4.98 Å². The summed E-state index contributed by atoms with van der Waals surface area (Å²) in [5.41, 5.74) is 2.25. The van der Waals surface area contributed by atoms with E-state index in [2.05, 4.69) is 4.98 Å². The van der Waals surface area contributed by atoms with Gasteiger partial charge in [0.2, 0.25) is 5.91 Å². The lowest BCUT2D eigenvalue weighted by Gasteiger charge is -2.41. The van der Waals surface area contributed by atoms with Crippen LogP contribution >= 0.6 is 0 Å². The van der Waals surface area contributed by atoms with E-state index in [1.807, 2.05) is 46.5 Å². The lowest BCUT2D eigenvalue weighted by atomic mass is 10.1. The van der Waals surface area contributed by atoms with Crippen molar-refractivity contribution < 1.29 is 19.1 Å². The minimum atomic E-state index is -0.265. The highest BCUT2D eigenvalue weighted by atomic mass is 16.5. The van der Waals surface area contributed by atoms with Crippen LogP contribution in [-0.2, 0) is 21.3 Å². The molecule has 150 valence electrons. The standard InChI is InChI=1S/C20H26N4O4/c1-14-10-23(19(25)15-11-27-8-9-28-12-15)6-7-24(14)20(26)16-4-3-5-17-18(16)21-13-22(17)2/h3-5,13-15H,6-12H2,1-2H3/t14-/m0/s1. The van der Waals surface area contributed by atoms with Crippen molar-refractivity contribution in [1.82, 2.24) is 19.4 Å². The highest BCUT2D eigenvalue weighted by molar-refractivity contribution is 6.05. The number of imidazole rings is 1. The average molecular weight is 386 g/mol. The van der Waals surface area contributed by atoms with Gasteiger partial charge < -0.3 is 23.8 Å². The van der Waals surface area contributed by atoms with Crippen molar-refractivity contribution >= 4 is 22.8 Å². The van der Waals surface area contributed by atoms with Gasteiger partial charge >= 0.3 is 0 Å². The van der Waals surface area contributed by atoms with Gasteiger partial charge in [-0.1, -0.05) is 6.07 Å². The number of benzene rings is 1. The third kappa shape index (κ3) is 3.49. The van der Waals surface area contributed by atoms with E-state index in [0.29, 0.717) is 57.1 Å². The van der Waals surface area contributed by atoms with Crippen molar-refractivity contribution in [2.45, 2.75) is 13.0 Å². The number of amides is 2. The van der Waals surface area contributed by atoms with E-state index < -0.39 is 0 Å². The monoisotopic (exact) mass is 386 g/mol. The summed E-state index contributed by atoms with van der Waals surface area (Å²) in [5.74, 6) is -0.253. The summed E-state index contributed by atoms with van der Waals surface area (Å²) in [6, 6.07) is 5.59. The van der Waals surface area contributed by atoms with Crippen LogP contribution in [0.25, 0.3) is 11.0 Å². The molecule has 0 N–H and O–H groups in total. The van der Waals surface area contributed by atoms with Gasteiger partial charge in [0.05, 0.1) is 49.8 Å². The molecule has 1 aromatic carbocycles. The number of ether oxygens (including phenoxy) is 2. The molecular weight excluding hydrogens is 360 g/mol. The first-order valence-electron chi connectivity index (χ1n) is 9.71. The molecule has 0 aliphatic carbocycles. The first-order valence-corrected chi connectivity index (χ1v) is 9.71. The van der Waals surface area contributed by atoms with Crippen molar-refractivity contribution in [3.05, 3.63) is 30.1 Å². The van der Waals surface area contributed by atoms with E-state index in [9.17, 15) is 9.59 Å². The number of carbonyl (C=O) groups is 2. The van der Waals surface area contributed by atoms with Crippen molar-refractivity contribution in [3.63, 3.8) is 0 Å². The van der Waals surface area contributed by atoms with Crippen LogP contribution in [0.1, 0.15) is 17.3 Å². The second-order valence-electron chi connectivity index (χ2n) is 7.51. The summed E-state index contributed by atoms with van der Waals surface area (Å²) in [5, 5.41) is 0. The zero-order valence-corrected chi connectivity index (χ0v) is 16.3. The van der Waals surface area contributed by atoms with Crippen molar-refractivity contribution in [2.75, 3.05) is 46.1 Å². The third-order valence-electron chi connectivity index (χ3n) is 5.54. The smallest absolute Gasteiger partial charge is 0.256 e. The molecular formula is C20H26N4O4. The van der Waals surface area contributed by atoms with E-state index in [4.69, 9.17) is 9.47 Å². The van der Waals surface area contributed by atoms with Crippen molar-refractivity contribution in [1.29, 1.82) is 0 Å². The molecule has 0 unspecified atom stereocenters. The Hall–Kier alpha value is -2.45. The zero-order valence-electron chi connectivity index (χ0n) is 16.3. The molecule has 8 heteroatoms. The Bertz CT molecular complexity index is 872. The molecule has 2 aliphatic rings. The summed E-state index contributed by atoms with van der Waals surface area (Å²) in [6.45, 7) is 5.37. The molecule has 28 heavy (non-hydrogen) atoms. The van der Waals surface area contributed by atoms with Crippen molar-refractivity contribution in [3.8, 4) is 0 Å². The predicted octanol–water partition coefficient (Wildman–Crippen LogP) is 0.909. The molecule has 1 aromatic heterocycles. The van der Waals surface area contributed by atoms with Gasteiger partial charge in [-0.05, 0) is 19.1 Å². The minimum Gasteiger partial charge on any atom is -0.378 e. The number of aromatic nitrogens is 2. The molecule has 2 fully saturated rings. The number of nitrogens with zero attached hydrogens (tertiary/aromatic N) is 4. The van der Waals surface area contributed by atoms with Gasteiger partial charge in [-0.3, -0.25) is 9.59 Å². The third-order valence-corrected chi connectivity index (χ3v) is 5.54. The van der Waals surface area contributed by atoms with Gasteiger partial charge in [0.25, 0.3) is 5.91 Å². The maximum absolute atomic E-state index is 13.2. The fraction of sp³-hybridized carbons (Fsp3) is 0.550. The summed E-state index contributed by atoms with van der Waals surface area (Å²) in [6.07, 6.45) is 1.72. The Labute approximate surface area is 164 Å². The predicted molar refractivity (Wildman–Crippen MR) is 103 cm³/mol. The van der Waals surface area contributed by atoms with Crippen LogP contribution in [0, 0.1) is 5.92 Å². The normalized spacial score (nSPS) is 21.7. The first kappa shape index (κ1) is 18.9. The molecule has 8 nitrogen and oxygen atoms in total. The molecule has 0 radical (unpaired) electrons. The topological polar surface area (TPSA) is 76.9 Å². The van der Waals surface area contributed by atoms with E-state index in [1.54, 1.807) is 6.33 Å². The quantitative estimate of drug-likeness (QED) is 0.767. The van der Waals surface area contributed by atoms with Crippen LogP contribution in [0.5, 0.6) is 0 Å². The maximum atomic E-state index is 13.2. The molecule has 0 saturated carbocycles. The van der Waals surface area contributed by atoms with Gasteiger partial charge in [-0.15, -0.1) is 0 Å². The van der Waals surface area contributed by atoms with Crippen LogP contribution in [-0.4, -0.2) is 83.3 Å². The lowest BCUT2D eigenvalue weighted by Crippen LogP contribution is -2.57. The number of piperazine rings is 1. The summed E-state index contributed by atoms with van der Waals surface area (Å²) in [7, 11) is 1.91. The number of fused-ring (bicyclic) bond motifs is 1. The summed E-state index contributed by atoms with van der Waals surface area (Å²) in [4.78, 5) is 34.1. The fourth-order valence-corrected chi connectivity index (χ4v) is 3.96. The highest BCUT2D eigenvalue weighted by Crippen LogP contribution is 2.22. The van der Waals surface area contributed by atoms with Gasteiger partial charge in [0, 0.05) is 32.7 Å². The summed E-state index contributed by atoms with van der Waals surface area (Å²) >= 11 is 0. The molecule has 4 rings (SSSR count). The van der Waals surface area contributed by atoms with Gasteiger partial charge in [-0.2, -0.15) is 0 Å². The SMILES string of the molecule is C[C@H]1CN(C(=O)C2COCCOC2)CCN1C(=O)c1cccc2c1ncn2C. The first-order chi connectivity index (χ1) is 13.6. The number of aryl methyl sites for hydroxylation is 1. The molecule has 0 bridgehead atoms. The number of carbonyl (C=O) groups excluding carboxylic acids is 2. The molecule has 2 aromatic rings. The number of hydrogen-bond acceptors (Lipinski definition) is 5. The molecule has 1 atom stereocenters. The molecule has 2 amide bonds.